The van der Waals surface area contributed by atoms with Gasteiger partial charge in [0.15, 0.2) is 0 Å². The summed E-state index contributed by atoms with van der Waals surface area (Å²) < 4.78 is 0. The summed E-state index contributed by atoms with van der Waals surface area (Å²) in [5.41, 5.74) is 0. The van der Waals surface area contributed by atoms with E-state index in [1.807, 2.05) is 0 Å². The standard InChI is InChI=1S/C4H10S2/c1-5-6(2)3-4-6/h3-4H2,1-2H3. The quantitative estimate of drug-likeness (QED) is 0.377. The first-order chi connectivity index (χ1) is 2.77. The van der Waals surface area contributed by atoms with Gasteiger partial charge in [0.1, 0.15) is 0 Å². The molecule has 0 unspecified atom stereocenters. The van der Waals surface area contributed by atoms with Crippen LogP contribution < -0.4 is 0 Å². The number of hydrogen-bond acceptors (Lipinski definition) is 1. The minimum atomic E-state index is 0.00463. The van der Waals surface area contributed by atoms with Gasteiger partial charge < -0.3 is 0 Å². The van der Waals surface area contributed by atoms with E-state index in [1.165, 1.54) is 11.5 Å². The Hall–Kier alpha value is 0.700. The smallest absolute Gasteiger partial charge is 0.00599 e. The molecule has 0 nitrogen and oxygen atoms in total. The van der Waals surface area contributed by atoms with Crippen LogP contribution in [0.2, 0.25) is 0 Å². The van der Waals surface area contributed by atoms with Gasteiger partial charge in [-0.25, -0.2) is 0 Å². The third kappa shape index (κ3) is 0.850. The zero-order valence-electron chi connectivity index (χ0n) is 4.23. The summed E-state index contributed by atoms with van der Waals surface area (Å²) in [5, 5.41) is 0. The number of hydrogen-bond donors (Lipinski definition) is 0. The molecule has 0 aliphatic carbocycles. The molecule has 0 spiro atoms. The van der Waals surface area contributed by atoms with E-state index in [-0.39, 0.29) is 9.06 Å². The van der Waals surface area contributed by atoms with Gasteiger partial charge >= 0.3 is 0 Å². The van der Waals surface area contributed by atoms with E-state index in [9.17, 15) is 0 Å². The second-order valence-corrected chi connectivity index (χ2v) is 8.69. The Morgan fingerprint density at radius 2 is 2.00 bits per heavy atom. The normalized spacial score (nSPS) is 32.3. The highest BCUT2D eigenvalue weighted by molar-refractivity contribution is 8.96. The van der Waals surface area contributed by atoms with Gasteiger partial charge in [0, 0.05) is 0 Å². The molecule has 1 aliphatic rings. The summed E-state index contributed by atoms with van der Waals surface area (Å²) in [5.74, 6) is 3.04. The molecular weight excluding hydrogens is 112 g/mol. The van der Waals surface area contributed by atoms with Crippen molar-refractivity contribution in [2.75, 3.05) is 24.0 Å². The van der Waals surface area contributed by atoms with Crippen LogP contribution in [0.15, 0.2) is 0 Å². The molecule has 38 valence electrons. The van der Waals surface area contributed by atoms with Crippen LogP contribution in [0.1, 0.15) is 0 Å². The van der Waals surface area contributed by atoms with Crippen molar-refractivity contribution in [2.45, 2.75) is 0 Å². The third-order valence-electron chi connectivity index (χ3n) is 1.18. The summed E-state index contributed by atoms with van der Waals surface area (Å²) in [4.78, 5) is 0. The molecule has 0 atom stereocenters. The molecular formula is C4H10S2. The van der Waals surface area contributed by atoms with E-state index in [4.69, 9.17) is 0 Å². The van der Waals surface area contributed by atoms with Crippen molar-refractivity contribution in [1.82, 2.24) is 0 Å². The molecule has 0 amide bonds. The van der Waals surface area contributed by atoms with E-state index in [0.717, 1.165) is 0 Å². The van der Waals surface area contributed by atoms with E-state index in [0.29, 0.717) is 0 Å². The van der Waals surface area contributed by atoms with Crippen LogP contribution in [-0.4, -0.2) is 24.0 Å². The van der Waals surface area contributed by atoms with Crippen LogP contribution in [0.4, 0.5) is 0 Å². The molecule has 1 aliphatic heterocycles. The van der Waals surface area contributed by atoms with Gasteiger partial charge in [0.25, 0.3) is 0 Å². The summed E-state index contributed by atoms with van der Waals surface area (Å²) in [6.07, 6.45) is 4.62. The fourth-order valence-electron chi connectivity index (χ4n) is 0.284. The molecule has 1 rings (SSSR count). The average Bonchev–Trinajstić information content (AvgIpc) is 2.22. The second-order valence-electron chi connectivity index (χ2n) is 1.76. The van der Waals surface area contributed by atoms with Crippen molar-refractivity contribution >= 4 is 19.9 Å². The largest absolute Gasteiger partial charge is 0.194 e. The Morgan fingerprint density at radius 3 is 2.00 bits per heavy atom. The Kier molecular flexibility index (Phi) is 1.08. The monoisotopic (exact) mass is 122 g/mol. The van der Waals surface area contributed by atoms with Crippen LogP contribution in [0, 0.1) is 0 Å². The maximum absolute atomic E-state index is 2.40. The van der Waals surface area contributed by atoms with Crippen LogP contribution in [0.5, 0.6) is 0 Å². The second kappa shape index (κ2) is 1.34. The van der Waals surface area contributed by atoms with Crippen LogP contribution in [0.25, 0.3) is 0 Å². The highest BCUT2D eigenvalue weighted by Gasteiger charge is 2.29. The van der Waals surface area contributed by atoms with Gasteiger partial charge in [-0.15, -0.1) is 10.8 Å². The van der Waals surface area contributed by atoms with Gasteiger partial charge in [-0.05, 0) is 24.0 Å². The highest BCUT2D eigenvalue weighted by atomic mass is 33.2. The molecule has 6 heavy (non-hydrogen) atoms. The summed E-state index contributed by atoms with van der Waals surface area (Å²) >= 11 is 0. The topological polar surface area (TPSA) is 0 Å². The molecule has 1 saturated heterocycles. The molecule has 0 radical (unpaired) electrons. The van der Waals surface area contributed by atoms with Crippen molar-refractivity contribution in [1.29, 1.82) is 0 Å². The lowest BCUT2D eigenvalue weighted by molar-refractivity contribution is 1.75. The summed E-state index contributed by atoms with van der Waals surface area (Å²) in [7, 11) is 2.08. The van der Waals surface area contributed by atoms with E-state index in [1.54, 1.807) is 0 Å². The lowest BCUT2D eigenvalue weighted by Crippen LogP contribution is -1.58. The molecule has 1 heterocycles. The molecule has 0 aromatic heterocycles. The maximum Gasteiger partial charge on any atom is -0.00599 e. The zero-order valence-corrected chi connectivity index (χ0v) is 5.86. The van der Waals surface area contributed by atoms with Crippen LogP contribution >= 0.6 is 19.9 Å². The van der Waals surface area contributed by atoms with E-state index >= 15 is 0 Å². The molecule has 2 heteroatoms. The third-order valence-corrected chi connectivity index (χ3v) is 6.96. The Morgan fingerprint density at radius 1 is 1.50 bits per heavy atom. The number of rotatable bonds is 1. The highest BCUT2D eigenvalue weighted by Crippen LogP contribution is 2.67. The predicted molar refractivity (Wildman–Crippen MR) is 36.8 cm³/mol. The molecule has 0 aromatic rings. The molecule has 0 saturated carbocycles. The lowest BCUT2D eigenvalue weighted by atomic mass is 11.0. The van der Waals surface area contributed by atoms with Gasteiger partial charge in [-0.3, -0.25) is 0 Å². The fourth-order valence-corrected chi connectivity index (χ4v) is 3.17. The minimum Gasteiger partial charge on any atom is -0.194 e. The predicted octanol–water partition coefficient (Wildman–Crippen LogP) is 1.71. The Bertz CT molecular complexity index is 56.6. The zero-order chi connectivity index (χ0) is 4.62. The maximum atomic E-state index is 2.40. The summed E-state index contributed by atoms with van der Waals surface area (Å²) in [6, 6.07) is 0. The molecule has 0 N–H and O–H groups in total. The summed E-state index contributed by atoms with van der Waals surface area (Å²) in [6.45, 7) is 0. The first-order valence-electron chi connectivity index (χ1n) is 2.06. The van der Waals surface area contributed by atoms with Crippen LogP contribution in [-0.2, 0) is 0 Å². The molecule has 0 bridgehead atoms. The van der Waals surface area contributed by atoms with Crippen molar-refractivity contribution < 1.29 is 0 Å². The average molecular weight is 122 g/mol. The van der Waals surface area contributed by atoms with Crippen molar-refractivity contribution in [2.24, 2.45) is 0 Å². The Labute approximate surface area is 44.4 Å². The SMILES string of the molecule is CSS1(C)CC1. The molecule has 0 aromatic carbocycles. The van der Waals surface area contributed by atoms with Crippen molar-refractivity contribution in [3.05, 3.63) is 0 Å². The van der Waals surface area contributed by atoms with Crippen LogP contribution in [0.3, 0.4) is 0 Å². The van der Waals surface area contributed by atoms with Gasteiger partial charge in [-0.2, -0.15) is 9.06 Å². The first-order valence-corrected chi connectivity index (χ1v) is 6.18. The van der Waals surface area contributed by atoms with E-state index in [2.05, 4.69) is 23.3 Å². The molecule has 1 fully saturated rings. The van der Waals surface area contributed by atoms with Crippen molar-refractivity contribution in [3.63, 3.8) is 0 Å². The van der Waals surface area contributed by atoms with E-state index < -0.39 is 0 Å². The van der Waals surface area contributed by atoms with Gasteiger partial charge in [0.05, 0.1) is 0 Å². The van der Waals surface area contributed by atoms with Gasteiger partial charge in [0.2, 0.25) is 0 Å². The van der Waals surface area contributed by atoms with Gasteiger partial charge in [-0.1, -0.05) is 0 Å². The fraction of sp³-hybridized carbons (Fsp3) is 1.00. The van der Waals surface area contributed by atoms with Crippen molar-refractivity contribution in [3.8, 4) is 0 Å². The Balaban J connectivity index is 2.28. The minimum absolute atomic E-state index is 0.00463. The lowest BCUT2D eigenvalue weighted by Gasteiger charge is -2.04. The first kappa shape index (κ1) is 4.85.